The van der Waals surface area contributed by atoms with Crippen molar-refractivity contribution in [3.8, 4) is 11.5 Å². The summed E-state index contributed by atoms with van der Waals surface area (Å²) >= 11 is 2.79. The lowest BCUT2D eigenvalue weighted by molar-refractivity contribution is -0.113. The lowest BCUT2D eigenvalue weighted by atomic mass is 10.2. The van der Waals surface area contributed by atoms with Gasteiger partial charge in [0.05, 0.1) is 5.75 Å². The van der Waals surface area contributed by atoms with E-state index in [-0.39, 0.29) is 5.91 Å². The molecule has 120 valence electrons. The molecule has 1 spiro atoms. The normalized spacial score (nSPS) is 17.6. The zero-order valence-electron chi connectivity index (χ0n) is 12.3. The monoisotopic (exact) mass is 349 g/mol. The highest BCUT2D eigenvalue weighted by atomic mass is 32.2. The Labute approximate surface area is 141 Å². The second-order valence-corrected chi connectivity index (χ2v) is 7.58. The number of benzene rings is 1. The summed E-state index contributed by atoms with van der Waals surface area (Å²) < 4.78 is 12.7. The second kappa shape index (κ2) is 6.01. The first kappa shape index (κ1) is 14.8. The van der Waals surface area contributed by atoms with Gasteiger partial charge in [-0.05, 0) is 25.0 Å². The van der Waals surface area contributed by atoms with Gasteiger partial charge >= 0.3 is 0 Å². The number of fused-ring (bicyclic) bond motifs is 1. The molecular weight excluding hydrogens is 334 g/mol. The molecule has 6 nitrogen and oxygen atoms in total. The lowest BCUT2D eigenvalue weighted by Crippen LogP contribution is -2.34. The summed E-state index contributed by atoms with van der Waals surface area (Å²) in [5.74, 6) is 1.21. The Bertz CT molecular complexity index is 715. The van der Waals surface area contributed by atoms with Crippen LogP contribution in [0.25, 0.3) is 0 Å². The third-order valence-corrected chi connectivity index (χ3v) is 5.71. The van der Waals surface area contributed by atoms with Crippen LogP contribution in [-0.4, -0.2) is 27.6 Å². The molecule has 23 heavy (non-hydrogen) atoms. The summed E-state index contributed by atoms with van der Waals surface area (Å²) in [5, 5.41) is 10.5. The Morgan fingerprint density at radius 1 is 1.30 bits per heavy atom. The maximum atomic E-state index is 12.0. The van der Waals surface area contributed by atoms with E-state index in [4.69, 9.17) is 9.47 Å². The van der Waals surface area contributed by atoms with Crippen molar-refractivity contribution in [3.05, 3.63) is 23.7 Å². The van der Waals surface area contributed by atoms with E-state index < -0.39 is 5.79 Å². The van der Waals surface area contributed by atoms with Gasteiger partial charge in [-0.2, -0.15) is 0 Å². The fourth-order valence-electron chi connectivity index (χ4n) is 2.84. The number of carbonyl (C=O) groups excluding carboxylic acids is 1. The third-order valence-electron chi connectivity index (χ3n) is 3.85. The van der Waals surface area contributed by atoms with Crippen LogP contribution in [0, 0.1) is 0 Å². The molecule has 1 aromatic carbocycles. The molecule has 4 rings (SSSR count). The van der Waals surface area contributed by atoms with Gasteiger partial charge in [0, 0.05) is 24.6 Å². The number of amides is 1. The second-order valence-electron chi connectivity index (χ2n) is 5.52. The SMILES string of the molecule is O=C(CSc1nncs1)Nc1ccc2c(c1)OC1(CCCC1)O2. The van der Waals surface area contributed by atoms with Gasteiger partial charge in [-0.1, -0.05) is 23.1 Å². The minimum absolute atomic E-state index is 0.0837. The van der Waals surface area contributed by atoms with Crippen molar-refractivity contribution < 1.29 is 14.3 Å². The first-order chi connectivity index (χ1) is 11.2. The van der Waals surface area contributed by atoms with E-state index in [0.717, 1.165) is 35.8 Å². The maximum absolute atomic E-state index is 12.0. The van der Waals surface area contributed by atoms with Crippen molar-refractivity contribution in [1.29, 1.82) is 0 Å². The largest absolute Gasteiger partial charge is 0.448 e. The van der Waals surface area contributed by atoms with Gasteiger partial charge in [0.25, 0.3) is 5.79 Å². The Balaban J connectivity index is 1.38. The molecule has 1 amide bonds. The van der Waals surface area contributed by atoms with Crippen LogP contribution < -0.4 is 14.8 Å². The Morgan fingerprint density at radius 2 is 2.13 bits per heavy atom. The molecule has 2 aliphatic rings. The molecule has 1 fully saturated rings. The molecule has 8 heteroatoms. The lowest BCUT2D eigenvalue weighted by Gasteiger charge is -2.21. The quantitative estimate of drug-likeness (QED) is 0.854. The van der Waals surface area contributed by atoms with Crippen molar-refractivity contribution in [1.82, 2.24) is 10.2 Å². The van der Waals surface area contributed by atoms with E-state index in [1.165, 1.54) is 23.1 Å². The fraction of sp³-hybridized carbons (Fsp3) is 0.400. The summed E-state index contributed by atoms with van der Waals surface area (Å²) in [5.41, 5.74) is 2.36. The molecule has 1 aliphatic heterocycles. The van der Waals surface area contributed by atoms with Crippen molar-refractivity contribution in [2.75, 3.05) is 11.1 Å². The molecule has 1 N–H and O–H groups in total. The third kappa shape index (κ3) is 3.13. The predicted octanol–water partition coefficient (Wildman–Crippen LogP) is 3.31. The van der Waals surface area contributed by atoms with Gasteiger partial charge in [-0.3, -0.25) is 4.79 Å². The fourth-order valence-corrected chi connectivity index (χ4v) is 4.13. The minimum Gasteiger partial charge on any atom is -0.448 e. The number of thioether (sulfide) groups is 1. The van der Waals surface area contributed by atoms with Crippen LogP contribution in [0.5, 0.6) is 11.5 Å². The first-order valence-corrected chi connectivity index (χ1v) is 9.30. The van der Waals surface area contributed by atoms with Crippen molar-refractivity contribution in [2.24, 2.45) is 0 Å². The Hall–Kier alpha value is -1.80. The molecule has 2 aromatic rings. The number of hydrogen-bond donors (Lipinski definition) is 1. The van der Waals surface area contributed by atoms with Crippen LogP contribution in [-0.2, 0) is 4.79 Å². The molecule has 1 aromatic heterocycles. The topological polar surface area (TPSA) is 73.3 Å². The highest BCUT2D eigenvalue weighted by Gasteiger charge is 2.44. The van der Waals surface area contributed by atoms with E-state index in [2.05, 4.69) is 15.5 Å². The summed E-state index contributed by atoms with van der Waals surface area (Å²) in [7, 11) is 0. The van der Waals surface area contributed by atoms with E-state index in [1.54, 1.807) is 5.51 Å². The highest BCUT2D eigenvalue weighted by molar-refractivity contribution is 8.01. The standard InChI is InChI=1S/C15H15N3O3S2/c19-13(8-22-14-18-16-9-23-14)17-10-3-4-11-12(7-10)21-15(20-11)5-1-2-6-15/h3-4,7,9H,1-2,5-6,8H2,(H,17,19). The first-order valence-electron chi connectivity index (χ1n) is 7.43. The van der Waals surface area contributed by atoms with Gasteiger partial charge in [0.15, 0.2) is 15.8 Å². The number of carbonyl (C=O) groups is 1. The van der Waals surface area contributed by atoms with E-state index in [1.807, 2.05) is 18.2 Å². The van der Waals surface area contributed by atoms with Crippen LogP contribution >= 0.6 is 23.1 Å². The molecular formula is C15H15N3O3S2. The van der Waals surface area contributed by atoms with E-state index in [9.17, 15) is 4.79 Å². The summed E-state index contributed by atoms with van der Waals surface area (Å²) in [6, 6.07) is 5.52. The maximum Gasteiger partial charge on any atom is 0.251 e. The molecule has 0 unspecified atom stereocenters. The van der Waals surface area contributed by atoms with Gasteiger partial charge in [-0.25, -0.2) is 0 Å². The zero-order chi connectivity index (χ0) is 15.7. The van der Waals surface area contributed by atoms with Gasteiger partial charge in [0.1, 0.15) is 5.51 Å². The number of nitrogens with one attached hydrogen (secondary N) is 1. The molecule has 0 saturated heterocycles. The average molecular weight is 349 g/mol. The van der Waals surface area contributed by atoms with Crippen LogP contribution in [0.2, 0.25) is 0 Å². The van der Waals surface area contributed by atoms with Crippen LogP contribution in [0.3, 0.4) is 0 Å². The highest BCUT2D eigenvalue weighted by Crippen LogP contribution is 2.47. The Kier molecular flexibility index (Phi) is 3.86. The summed E-state index contributed by atoms with van der Waals surface area (Å²) in [6.07, 6.45) is 4.09. The average Bonchev–Trinajstić information content (AvgIpc) is 3.26. The number of ether oxygens (including phenoxy) is 2. The van der Waals surface area contributed by atoms with Crippen molar-refractivity contribution in [3.63, 3.8) is 0 Å². The summed E-state index contributed by atoms with van der Waals surface area (Å²) in [4.78, 5) is 12.0. The smallest absolute Gasteiger partial charge is 0.251 e. The number of rotatable bonds is 4. The zero-order valence-corrected chi connectivity index (χ0v) is 13.9. The predicted molar refractivity (Wildman–Crippen MR) is 88.2 cm³/mol. The minimum atomic E-state index is -0.474. The van der Waals surface area contributed by atoms with Crippen LogP contribution in [0.1, 0.15) is 25.7 Å². The van der Waals surface area contributed by atoms with Crippen molar-refractivity contribution in [2.45, 2.75) is 35.8 Å². The number of nitrogens with zero attached hydrogens (tertiary/aromatic N) is 2. The van der Waals surface area contributed by atoms with Crippen LogP contribution in [0.4, 0.5) is 5.69 Å². The molecule has 1 saturated carbocycles. The Morgan fingerprint density at radius 3 is 2.91 bits per heavy atom. The molecule has 1 aliphatic carbocycles. The number of aromatic nitrogens is 2. The van der Waals surface area contributed by atoms with Gasteiger partial charge in [0.2, 0.25) is 5.91 Å². The number of hydrogen-bond acceptors (Lipinski definition) is 7. The van der Waals surface area contributed by atoms with Crippen molar-refractivity contribution >= 4 is 34.7 Å². The van der Waals surface area contributed by atoms with E-state index >= 15 is 0 Å². The van der Waals surface area contributed by atoms with Gasteiger partial charge in [-0.15, -0.1) is 10.2 Å². The van der Waals surface area contributed by atoms with Gasteiger partial charge < -0.3 is 14.8 Å². The van der Waals surface area contributed by atoms with Crippen LogP contribution in [0.15, 0.2) is 28.0 Å². The number of anilines is 1. The summed E-state index contributed by atoms with van der Waals surface area (Å²) in [6.45, 7) is 0. The molecule has 2 heterocycles. The van der Waals surface area contributed by atoms with E-state index in [0.29, 0.717) is 17.2 Å². The molecule has 0 atom stereocenters. The molecule has 0 radical (unpaired) electrons. The molecule has 0 bridgehead atoms.